The maximum Gasteiger partial charge on any atom is 0.328 e. The van der Waals surface area contributed by atoms with Gasteiger partial charge in [-0.15, -0.1) is 0 Å². The van der Waals surface area contributed by atoms with Crippen LogP contribution in [-0.4, -0.2) is 42.5 Å². The number of carbonyl (C=O) groups is 2. The first-order valence-electron chi connectivity index (χ1n) is 2.86. The third-order valence-corrected chi connectivity index (χ3v) is 0.368. The number of aliphatic carboxylic acids is 2. The molecule has 0 amide bonds. The summed E-state index contributed by atoms with van der Waals surface area (Å²) in [5.41, 5.74) is 4.50. The van der Waals surface area contributed by atoms with Gasteiger partial charge in [0, 0.05) is 12.2 Å². The van der Waals surface area contributed by atoms with Gasteiger partial charge in [0.05, 0.1) is 11.4 Å². The van der Waals surface area contributed by atoms with Crippen LogP contribution in [0.2, 0.25) is 0 Å². The molecule has 0 aromatic heterocycles. The SMILES string of the molecule is CN.O=C(O)/C=C\C(=O)O.O=S([O-])O. The van der Waals surface area contributed by atoms with E-state index >= 15 is 0 Å². The van der Waals surface area contributed by atoms with Gasteiger partial charge in [-0.05, 0) is 7.05 Å². The zero-order chi connectivity index (χ0) is 12.1. The van der Waals surface area contributed by atoms with E-state index in [1.807, 2.05) is 0 Å². The summed E-state index contributed by atoms with van der Waals surface area (Å²) in [5, 5.41) is 15.6. The molecule has 0 aliphatic carbocycles. The van der Waals surface area contributed by atoms with E-state index in [4.69, 9.17) is 23.5 Å². The fourth-order valence-corrected chi connectivity index (χ4v) is 0.143. The monoisotopic (exact) mass is 228 g/mol. The van der Waals surface area contributed by atoms with Crippen molar-refractivity contribution in [3.63, 3.8) is 0 Å². The van der Waals surface area contributed by atoms with E-state index in [1.54, 1.807) is 0 Å². The molecule has 0 aromatic carbocycles. The molecule has 84 valence electrons. The topological polar surface area (TPSA) is 161 Å². The Labute approximate surface area is 82.2 Å². The largest absolute Gasteiger partial charge is 0.750 e. The Bertz CT molecular complexity index is 194. The van der Waals surface area contributed by atoms with E-state index < -0.39 is 23.3 Å². The van der Waals surface area contributed by atoms with Gasteiger partial charge in [0.25, 0.3) is 0 Å². The predicted octanol–water partition coefficient (Wildman–Crippen LogP) is -1.37. The number of rotatable bonds is 2. The highest BCUT2D eigenvalue weighted by Gasteiger charge is 1.88. The number of hydrogen-bond acceptors (Lipinski definition) is 5. The Balaban J connectivity index is -0.000000170. The van der Waals surface area contributed by atoms with Gasteiger partial charge >= 0.3 is 11.9 Å². The van der Waals surface area contributed by atoms with Gasteiger partial charge in [0.1, 0.15) is 0 Å². The minimum atomic E-state index is -2.86. The normalized spacial score (nSPS) is 10.3. The first kappa shape index (κ1) is 18.5. The van der Waals surface area contributed by atoms with Crippen LogP contribution in [0.3, 0.4) is 0 Å². The second kappa shape index (κ2) is 14.2. The summed E-state index contributed by atoms with van der Waals surface area (Å²) in [5.74, 6) is -2.51. The van der Waals surface area contributed by atoms with Crippen LogP contribution in [0.25, 0.3) is 0 Å². The standard InChI is InChI=1S/C4H4O4.CH5N.H2O3S/c5-3(6)1-2-4(7)8;1-2;1-4(2)3/h1-2H,(H,5,6)(H,7,8);2H2,1H3;(H2,1,2,3)/p-1/b2-1-;;. The first-order valence-corrected chi connectivity index (χ1v) is 3.89. The zero-order valence-corrected chi connectivity index (χ0v) is 7.93. The van der Waals surface area contributed by atoms with E-state index in [-0.39, 0.29) is 0 Å². The van der Waals surface area contributed by atoms with Crippen molar-refractivity contribution in [2.24, 2.45) is 5.73 Å². The molecule has 0 saturated carbocycles. The van der Waals surface area contributed by atoms with Crippen molar-refractivity contribution in [2.75, 3.05) is 7.05 Å². The van der Waals surface area contributed by atoms with Crippen LogP contribution in [0.1, 0.15) is 0 Å². The molecule has 14 heavy (non-hydrogen) atoms. The van der Waals surface area contributed by atoms with E-state index in [9.17, 15) is 9.59 Å². The molecular formula is C5H10NO7S-. The molecule has 0 fully saturated rings. The molecule has 9 heteroatoms. The molecule has 1 unspecified atom stereocenters. The third-order valence-electron chi connectivity index (χ3n) is 0.368. The van der Waals surface area contributed by atoms with Crippen molar-refractivity contribution < 1.29 is 33.1 Å². The predicted molar refractivity (Wildman–Crippen MR) is 46.1 cm³/mol. The van der Waals surface area contributed by atoms with Crippen molar-refractivity contribution in [1.82, 2.24) is 0 Å². The highest BCUT2D eigenvalue weighted by Crippen LogP contribution is 1.70. The van der Waals surface area contributed by atoms with Crippen LogP contribution in [0.15, 0.2) is 12.2 Å². The van der Waals surface area contributed by atoms with Gasteiger partial charge in [-0.25, -0.2) is 13.8 Å². The fourth-order valence-electron chi connectivity index (χ4n) is 0.143. The number of carboxylic acids is 2. The molecule has 0 bridgehead atoms. The van der Waals surface area contributed by atoms with Crippen molar-refractivity contribution in [3.8, 4) is 0 Å². The Morgan fingerprint density at radius 1 is 1.21 bits per heavy atom. The molecule has 5 N–H and O–H groups in total. The maximum atomic E-state index is 9.55. The molecular weight excluding hydrogens is 218 g/mol. The lowest BCUT2D eigenvalue weighted by Gasteiger charge is -1.83. The maximum absolute atomic E-state index is 9.55. The quantitative estimate of drug-likeness (QED) is 0.332. The second-order valence-electron chi connectivity index (χ2n) is 1.23. The summed E-state index contributed by atoms with van der Waals surface area (Å²) in [7, 11) is 1.50. The van der Waals surface area contributed by atoms with Crippen molar-refractivity contribution in [2.45, 2.75) is 0 Å². The van der Waals surface area contributed by atoms with Crippen LogP contribution < -0.4 is 5.73 Å². The van der Waals surface area contributed by atoms with Crippen LogP contribution in [-0.2, 0) is 21.0 Å². The van der Waals surface area contributed by atoms with Crippen LogP contribution in [0.4, 0.5) is 0 Å². The molecule has 0 rings (SSSR count). The third kappa shape index (κ3) is 73.4. The average Bonchev–Trinajstić information content (AvgIpc) is 2.03. The minimum absolute atomic E-state index is 0.558. The molecule has 0 radical (unpaired) electrons. The van der Waals surface area contributed by atoms with Crippen LogP contribution in [0.5, 0.6) is 0 Å². The van der Waals surface area contributed by atoms with Gasteiger partial charge in [-0.2, -0.15) is 0 Å². The van der Waals surface area contributed by atoms with E-state index in [2.05, 4.69) is 5.73 Å². The highest BCUT2D eigenvalue weighted by atomic mass is 32.2. The van der Waals surface area contributed by atoms with Gasteiger partial charge < -0.3 is 25.1 Å². The van der Waals surface area contributed by atoms with Gasteiger partial charge in [-0.1, -0.05) is 0 Å². The Morgan fingerprint density at radius 2 is 1.36 bits per heavy atom. The highest BCUT2D eigenvalue weighted by molar-refractivity contribution is 7.73. The smallest absolute Gasteiger partial charge is 0.328 e. The van der Waals surface area contributed by atoms with Gasteiger partial charge in [0.15, 0.2) is 0 Å². The van der Waals surface area contributed by atoms with Crippen molar-refractivity contribution in [3.05, 3.63) is 12.2 Å². The van der Waals surface area contributed by atoms with E-state index in [0.29, 0.717) is 12.2 Å². The number of nitrogens with two attached hydrogens (primary N) is 1. The van der Waals surface area contributed by atoms with E-state index in [0.717, 1.165) is 0 Å². The Morgan fingerprint density at radius 3 is 1.43 bits per heavy atom. The molecule has 1 atom stereocenters. The number of hydrogen-bond donors (Lipinski definition) is 4. The van der Waals surface area contributed by atoms with Crippen LogP contribution in [0, 0.1) is 0 Å². The summed E-state index contributed by atoms with van der Waals surface area (Å²) in [6.45, 7) is 0. The molecule has 0 aliphatic heterocycles. The number of carboxylic acid groups (broad SMARTS) is 2. The van der Waals surface area contributed by atoms with Crippen molar-refractivity contribution >= 4 is 23.3 Å². The summed E-state index contributed by atoms with van der Waals surface area (Å²) < 4.78 is 24.1. The molecule has 0 saturated heterocycles. The molecule has 0 aromatic rings. The molecule has 8 nitrogen and oxygen atoms in total. The lowest BCUT2D eigenvalue weighted by molar-refractivity contribution is -0.134. The Hall–Kier alpha value is -1.29. The summed E-state index contributed by atoms with van der Waals surface area (Å²) in [4.78, 5) is 19.1. The Kier molecular flexibility index (Phi) is 18.8. The minimum Gasteiger partial charge on any atom is -0.750 e. The molecule has 0 heterocycles. The fraction of sp³-hybridized carbons (Fsp3) is 0.200. The zero-order valence-electron chi connectivity index (χ0n) is 7.11. The average molecular weight is 228 g/mol. The van der Waals surface area contributed by atoms with E-state index in [1.165, 1.54) is 7.05 Å². The molecule has 0 spiro atoms. The van der Waals surface area contributed by atoms with Crippen LogP contribution >= 0.6 is 0 Å². The summed E-state index contributed by atoms with van der Waals surface area (Å²) >= 11 is -2.86. The summed E-state index contributed by atoms with van der Waals surface area (Å²) in [6.07, 6.45) is 1.12. The lowest BCUT2D eigenvalue weighted by Crippen LogP contribution is -1.91. The second-order valence-corrected chi connectivity index (χ2v) is 1.66. The molecule has 0 aliphatic rings. The summed E-state index contributed by atoms with van der Waals surface area (Å²) in [6, 6.07) is 0. The van der Waals surface area contributed by atoms with Gasteiger partial charge in [0.2, 0.25) is 0 Å². The first-order chi connectivity index (χ1) is 6.36. The van der Waals surface area contributed by atoms with Gasteiger partial charge in [-0.3, -0.25) is 0 Å². The van der Waals surface area contributed by atoms with Crippen molar-refractivity contribution in [1.29, 1.82) is 0 Å². The lowest BCUT2D eigenvalue weighted by atomic mass is 10.5.